The second-order valence-electron chi connectivity index (χ2n) is 9.59. The number of anilines is 1. The number of rotatable bonds is 7. The Morgan fingerprint density at radius 2 is 1.88 bits per heavy atom. The molecule has 1 unspecified atom stereocenters. The molecule has 2 aromatic rings. The average Bonchev–Trinajstić information content (AvgIpc) is 2.80. The fourth-order valence-corrected chi connectivity index (χ4v) is 4.71. The number of hydrogen-bond donors (Lipinski definition) is 1. The molecule has 1 saturated heterocycles. The van der Waals surface area contributed by atoms with Crippen LogP contribution in [0.2, 0.25) is 5.15 Å². The minimum atomic E-state index is -0.0479. The molecule has 3 rings (SSSR count). The Kier molecular flexibility index (Phi) is 8.82. The van der Waals surface area contributed by atoms with E-state index < -0.39 is 0 Å². The minimum absolute atomic E-state index is 0.00760. The lowest BCUT2D eigenvalue weighted by Crippen LogP contribution is -2.54. The molecule has 2 heterocycles. The quantitative estimate of drug-likeness (QED) is 0.343. The van der Waals surface area contributed by atoms with Crippen molar-refractivity contribution in [3.8, 4) is 0 Å². The zero-order valence-corrected chi connectivity index (χ0v) is 22.2. The molecule has 1 atom stereocenters. The first-order chi connectivity index (χ1) is 16.1. The molecule has 0 saturated carbocycles. The van der Waals surface area contributed by atoms with E-state index in [0.29, 0.717) is 47.9 Å². The molecule has 34 heavy (non-hydrogen) atoms. The fraction of sp³-hybridized carbons (Fsp3) is 0.520. The zero-order valence-electron chi connectivity index (χ0n) is 20.6. The molecule has 1 N–H and O–H groups in total. The third-order valence-corrected chi connectivity index (χ3v) is 6.82. The van der Waals surface area contributed by atoms with Gasteiger partial charge >= 0.3 is 0 Å². The Bertz CT molecular complexity index is 1010. The maximum atomic E-state index is 13.2. The molecule has 184 valence electrons. The van der Waals surface area contributed by atoms with Crippen molar-refractivity contribution in [2.45, 2.75) is 57.7 Å². The smallest absolute Gasteiger partial charge is 0.254 e. The van der Waals surface area contributed by atoms with E-state index in [2.05, 4.69) is 41.0 Å². The van der Waals surface area contributed by atoms with Crippen LogP contribution >= 0.6 is 23.4 Å². The summed E-state index contributed by atoms with van der Waals surface area (Å²) in [5, 5.41) is 3.65. The number of nitrogens with zero attached hydrogens (tertiary/aromatic N) is 4. The van der Waals surface area contributed by atoms with Gasteiger partial charge in [-0.1, -0.05) is 63.2 Å². The monoisotopic (exact) mass is 503 g/mol. The van der Waals surface area contributed by atoms with Gasteiger partial charge in [0.2, 0.25) is 5.91 Å². The molecule has 9 heteroatoms. The van der Waals surface area contributed by atoms with Crippen LogP contribution in [0, 0.1) is 0 Å². The van der Waals surface area contributed by atoms with Gasteiger partial charge in [0.1, 0.15) is 11.0 Å². The highest BCUT2D eigenvalue weighted by molar-refractivity contribution is 7.99. The molecule has 0 spiro atoms. The van der Waals surface area contributed by atoms with Gasteiger partial charge in [-0.15, -0.1) is 0 Å². The maximum absolute atomic E-state index is 13.2. The van der Waals surface area contributed by atoms with Crippen molar-refractivity contribution in [3.05, 3.63) is 46.6 Å². The third kappa shape index (κ3) is 6.85. The summed E-state index contributed by atoms with van der Waals surface area (Å²) < 4.78 is 0. The van der Waals surface area contributed by atoms with E-state index in [1.165, 1.54) is 17.3 Å². The van der Waals surface area contributed by atoms with Crippen molar-refractivity contribution in [1.29, 1.82) is 0 Å². The summed E-state index contributed by atoms with van der Waals surface area (Å²) >= 11 is 7.52. The summed E-state index contributed by atoms with van der Waals surface area (Å²) in [4.78, 5) is 38.0. The van der Waals surface area contributed by atoms with Crippen molar-refractivity contribution in [1.82, 2.24) is 20.2 Å². The number of amides is 2. The molecular formula is C25H34ClN5O2S. The first-order valence-corrected chi connectivity index (χ1v) is 13.1. The van der Waals surface area contributed by atoms with Crippen molar-refractivity contribution in [2.75, 3.05) is 36.8 Å². The molecule has 0 aliphatic carbocycles. The largest absolute Gasteiger partial charge is 0.355 e. The van der Waals surface area contributed by atoms with Crippen molar-refractivity contribution in [2.24, 2.45) is 0 Å². The number of hydrogen-bond acceptors (Lipinski definition) is 6. The fourth-order valence-electron chi connectivity index (χ4n) is 3.80. The summed E-state index contributed by atoms with van der Waals surface area (Å²) in [6.45, 7) is 13.1. The maximum Gasteiger partial charge on any atom is 0.254 e. The molecule has 1 aliphatic rings. The van der Waals surface area contributed by atoms with Gasteiger partial charge < -0.3 is 15.1 Å². The Hall–Kier alpha value is -2.32. The number of aromatic nitrogens is 2. The third-order valence-electron chi connectivity index (χ3n) is 5.78. The molecule has 0 bridgehead atoms. The van der Waals surface area contributed by atoms with E-state index in [0.717, 1.165) is 6.42 Å². The molecular weight excluding hydrogens is 470 g/mol. The van der Waals surface area contributed by atoms with Gasteiger partial charge in [-0.3, -0.25) is 9.59 Å². The van der Waals surface area contributed by atoms with E-state index in [4.69, 9.17) is 11.6 Å². The van der Waals surface area contributed by atoms with Crippen molar-refractivity contribution < 1.29 is 9.59 Å². The molecule has 1 aromatic carbocycles. The van der Waals surface area contributed by atoms with Gasteiger partial charge in [-0.2, -0.15) is 0 Å². The zero-order chi connectivity index (χ0) is 24.9. The standard InChI is InChI=1S/C25H34ClN5O2S/c1-6-11-27-22(32)16-34-24-28-20(26)14-21(29-24)30-12-13-31(17(2)15-30)23(33)18-7-9-19(10-8-18)25(3,4)5/h7-10,14,17H,6,11-13,15-16H2,1-5H3,(H,27,32). The molecule has 7 nitrogen and oxygen atoms in total. The molecule has 1 aliphatic heterocycles. The van der Waals surface area contributed by atoms with Gasteiger partial charge in [0.25, 0.3) is 5.91 Å². The second kappa shape index (κ2) is 11.4. The summed E-state index contributed by atoms with van der Waals surface area (Å²) in [6, 6.07) is 9.67. The molecule has 0 radical (unpaired) electrons. The van der Waals surface area contributed by atoms with E-state index in [-0.39, 0.29) is 29.0 Å². The summed E-state index contributed by atoms with van der Waals surface area (Å²) in [5.74, 6) is 0.952. The Morgan fingerprint density at radius 1 is 1.18 bits per heavy atom. The number of thioether (sulfide) groups is 1. The lowest BCUT2D eigenvalue weighted by atomic mass is 9.86. The summed E-state index contributed by atoms with van der Waals surface area (Å²) in [7, 11) is 0. The highest BCUT2D eigenvalue weighted by Gasteiger charge is 2.29. The van der Waals surface area contributed by atoms with Crippen LogP contribution in [0.4, 0.5) is 5.82 Å². The average molecular weight is 504 g/mol. The first kappa shape index (κ1) is 26.3. The highest BCUT2D eigenvalue weighted by atomic mass is 35.5. The Morgan fingerprint density at radius 3 is 2.50 bits per heavy atom. The lowest BCUT2D eigenvalue weighted by molar-refractivity contribution is -0.118. The predicted molar refractivity (Wildman–Crippen MR) is 139 cm³/mol. The Labute approximate surface area is 211 Å². The number of carbonyl (C=O) groups is 2. The van der Waals surface area contributed by atoms with E-state index in [9.17, 15) is 9.59 Å². The van der Waals surface area contributed by atoms with Crippen LogP contribution in [0.5, 0.6) is 0 Å². The van der Waals surface area contributed by atoms with Crippen LogP contribution in [-0.4, -0.2) is 64.7 Å². The minimum Gasteiger partial charge on any atom is -0.355 e. The molecule has 1 aromatic heterocycles. The van der Waals surface area contributed by atoms with E-state index in [1.54, 1.807) is 6.07 Å². The SMILES string of the molecule is CCCNC(=O)CSc1nc(Cl)cc(N2CCN(C(=O)c3ccc(C(C)(C)C)cc3)C(C)C2)n1. The number of nitrogens with one attached hydrogen (secondary N) is 1. The molecule has 2 amide bonds. The topological polar surface area (TPSA) is 78.4 Å². The lowest BCUT2D eigenvalue weighted by Gasteiger charge is -2.40. The van der Waals surface area contributed by atoms with Crippen LogP contribution in [0.1, 0.15) is 57.0 Å². The molecule has 1 fully saturated rings. The number of carbonyl (C=O) groups excluding carboxylic acids is 2. The van der Waals surface area contributed by atoms with Gasteiger partial charge in [0, 0.05) is 43.9 Å². The van der Waals surface area contributed by atoms with Crippen LogP contribution in [0.15, 0.2) is 35.5 Å². The summed E-state index contributed by atoms with van der Waals surface area (Å²) in [5.41, 5.74) is 1.97. The number of benzene rings is 1. The van der Waals surface area contributed by atoms with Crippen LogP contribution < -0.4 is 10.2 Å². The van der Waals surface area contributed by atoms with Gasteiger partial charge in [-0.05, 0) is 36.5 Å². The second-order valence-corrected chi connectivity index (χ2v) is 10.9. The van der Waals surface area contributed by atoms with Crippen LogP contribution in [0.25, 0.3) is 0 Å². The Balaban J connectivity index is 1.64. The number of piperazine rings is 1. The van der Waals surface area contributed by atoms with Crippen LogP contribution in [-0.2, 0) is 10.2 Å². The van der Waals surface area contributed by atoms with E-state index >= 15 is 0 Å². The summed E-state index contributed by atoms with van der Waals surface area (Å²) in [6.07, 6.45) is 0.892. The normalized spacial score (nSPS) is 16.5. The van der Waals surface area contributed by atoms with Gasteiger partial charge in [-0.25, -0.2) is 9.97 Å². The van der Waals surface area contributed by atoms with Crippen molar-refractivity contribution in [3.63, 3.8) is 0 Å². The predicted octanol–water partition coefficient (Wildman–Crippen LogP) is 4.40. The van der Waals surface area contributed by atoms with Crippen LogP contribution in [0.3, 0.4) is 0 Å². The van der Waals surface area contributed by atoms with Gasteiger partial charge in [0.05, 0.1) is 5.75 Å². The number of halogens is 1. The van der Waals surface area contributed by atoms with Crippen molar-refractivity contribution >= 4 is 41.0 Å². The van der Waals surface area contributed by atoms with E-state index in [1.807, 2.05) is 43.0 Å². The highest BCUT2D eigenvalue weighted by Crippen LogP contribution is 2.26. The van der Waals surface area contributed by atoms with Gasteiger partial charge in [0.15, 0.2) is 5.16 Å². The first-order valence-electron chi connectivity index (χ1n) is 11.7.